The highest BCUT2D eigenvalue weighted by Gasteiger charge is 2.29. The molecule has 0 aliphatic rings. The maximum atomic E-state index is 12.3. The molecular formula is C11H11F3N2O3. The van der Waals surface area contributed by atoms with Crippen molar-refractivity contribution in [1.29, 1.82) is 0 Å². The number of halogens is 3. The summed E-state index contributed by atoms with van der Waals surface area (Å²) in [6, 6.07) is 3.58. The molecule has 104 valence electrons. The number of carbonyl (C=O) groups is 2. The van der Waals surface area contributed by atoms with Crippen LogP contribution in [0, 0.1) is 0 Å². The molecule has 0 unspecified atom stereocenters. The first kappa shape index (κ1) is 14.8. The van der Waals surface area contributed by atoms with Gasteiger partial charge in [-0.2, -0.15) is 13.2 Å². The number of carbonyl (C=O) groups excluding carboxylic acids is 1. The van der Waals surface area contributed by atoms with E-state index in [-0.39, 0.29) is 6.54 Å². The summed E-state index contributed by atoms with van der Waals surface area (Å²) in [4.78, 5) is 21.2. The van der Waals surface area contributed by atoms with Gasteiger partial charge in [0.2, 0.25) is 0 Å². The third-order valence-corrected chi connectivity index (χ3v) is 2.13. The minimum absolute atomic E-state index is 0.00356. The number of nitrogens with one attached hydrogen (secondary N) is 2. The highest BCUT2D eigenvalue weighted by atomic mass is 19.4. The summed E-state index contributed by atoms with van der Waals surface area (Å²) in [5, 5.41) is 12.7. The van der Waals surface area contributed by atoms with Crippen LogP contribution in [-0.4, -0.2) is 23.7 Å². The Kier molecular flexibility index (Phi) is 4.74. The number of alkyl halides is 3. The number of benzene rings is 1. The molecule has 2 amide bonds. The molecule has 0 spiro atoms. The van der Waals surface area contributed by atoms with Gasteiger partial charge in [0.05, 0.1) is 5.56 Å². The molecule has 0 aromatic heterocycles. The maximum Gasteiger partial charge on any atom is 0.416 e. The van der Waals surface area contributed by atoms with Crippen LogP contribution < -0.4 is 10.6 Å². The van der Waals surface area contributed by atoms with Crippen LogP contribution in [0.25, 0.3) is 0 Å². The van der Waals surface area contributed by atoms with Gasteiger partial charge in [0.25, 0.3) is 0 Å². The second-order valence-electron chi connectivity index (χ2n) is 3.62. The predicted octanol–water partition coefficient (Wildman–Crippen LogP) is 1.59. The van der Waals surface area contributed by atoms with E-state index in [2.05, 4.69) is 10.6 Å². The van der Waals surface area contributed by atoms with Crippen LogP contribution in [0.3, 0.4) is 0 Å². The summed E-state index contributed by atoms with van der Waals surface area (Å²) in [5.41, 5.74) is -0.301. The molecule has 0 saturated heterocycles. The lowest BCUT2D eigenvalue weighted by atomic mass is 10.1. The SMILES string of the molecule is O=C(O)CNC(=O)NCc1ccc(C(F)(F)F)cc1. The van der Waals surface area contributed by atoms with Crippen molar-refractivity contribution in [1.82, 2.24) is 10.6 Å². The average Bonchev–Trinajstić information content (AvgIpc) is 2.33. The van der Waals surface area contributed by atoms with Gasteiger partial charge in [-0.25, -0.2) is 4.79 Å². The van der Waals surface area contributed by atoms with E-state index in [1.165, 1.54) is 12.1 Å². The van der Waals surface area contributed by atoms with Crippen LogP contribution in [0.4, 0.5) is 18.0 Å². The number of urea groups is 1. The minimum atomic E-state index is -4.40. The Morgan fingerprint density at radius 1 is 1.11 bits per heavy atom. The molecule has 1 aromatic carbocycles. The van der Waals surface area contributed by atoms with Crippen molar-refractivity contribution in [3.63, 3.8) is 0 Å². The van der Waals surface area contributed by atoms with E-state index in [0.717, 1.165) is 12.1 Å². The van der Waals surface area contributed by atoms with Crippen molar-refractivity contribution in [3.05, 3.63) is 35.4 Å². The van der Waals surface area contributed by atoms with E-state index >= 15 is 0 Å². The zero-order valence-corrected chi connectivity index (χ0v) is 9.62. The molecule has 0 aliphatic heterocycles. The van der Waals surface area contributed by atoms with E-state index in [1.807, 2.05) is 0 Å². The predicted molar refractivity (Wildman–Crippen MR) is 59.3 cm³/mol. The number of hydrogen-bond acceptors (Lipinski definition) is 2. The van der Waals surface area contributed by atoms with E-state index in [4.69, 9.17) is 5.11 Å². The first-order chi connectivity index (χ1) is 8.79. The molecule has 1 aromatic rings. The van der Waals surface area contributed by atoms with Crippen molar-refractivity contribution in [2.45, 2.75) is 12.7 Å². The van der Waals surface area contributed by atoms with E-state index in [1.54, 1.807) is 0 Å². The van der Waals surface area contributed by atoms with E-state index in [0.29, 0.717) is 5.56 Å². The number of rotatable bonds is 4. The van der Waals surface area contributed by atoms with Gasteiger partial charge in [0.1, 0.15) is 6.54 Å². The lowest BCUT2D eigenvalue weighted by molar-refractivity contribution is -0.138. The molecule has 0 fully saturated rings. The Morgan fingerprint density at radius 3 is 2.16 bits per heavy atom. The number of aliphatic carboxylic acids is 1. The lowest BCUT2D eigenvalue weighted by Crippen LogP contribution is -2.37. The van der Waals surface area contributed by atoms with Crippen molar-refractivity contribution in [2.75, 3.05) is 6.54 Å². The van der Waals surface area contributed by atoms with Gasteiger partial charge >= 0.3 is 18.2 Å². The van der Waals surface area contributed by atoms with Crippen LogP contribution in [0.15, 0.2) is 24.3 Å². The van der Waals surface area contributed by atoms with Crippen LogP contribution in [0.1, 0.15) is 11.1 Å². The van der Waals surface area contributed by atoms with Gasteiger partial charge < -0.3 is 15.7 Å². The Labute approximate surface area is 106 Å². The van der Waals surface area contributed by atoms with Gasteiger partial charge in [-0.1, -0.05) is 12.1 Å². The second kappa shape index (κ2) is 6.07. The third kappa shape index (κ3) is 5.28. The summed E-state index contributed by atoms with van der Waals surface area (Å²) in [5.74, 6) is -1.19. The number of hydrogen-bond donors (Lipinski definition) is 3. The quantitative estimate of drug-likeness (QED) is 0.781. The normalized spacial score (nSPS) is 10.9. The molecule has 0 atom stereocenters. The molecule has 3 N–H and O–H groups in total. The fourth-order valence-electron chi connectivity index (χ4n) is 1.21. The first-order valence-corrected chi connectivity index (χ1v) is 5.18. The summed E-state index contributed by atoms with van der Waals surface area (Å²) >= 11 is 0. The van der Waals surface area contributed by atoms with Gasteiger partial charge in [-0.3, -0.25) is 4.79 Å². The lowest BCUT2D eigenvalue weighted by Gasteiger charge is -2.08. The number of carboxylic acids is 1. The Balaban J connectivity index is 2.46. The van der Waals surface area contributed by atoms with Crippen LogP contribution >= 0.6 is 0 Å². The molecule has 8 heteroatoms. The molecule has 0 radical (unpaired) electrons. The second-order valence-corrected chi connectivity index (χ2v) is 3.62. The van der Waals surface area contributed by atoms with Crippen LogP contribution in [0.5, 0.6) is 0 Å². The van der Waals surface area contributed by atoms with Crippen LogP contribution in [0.2, 0.25) is 0 Å². The molecule has 1 rings (SSSR count). The summed E-state index contributed by atoms with van der Waals surface area (Å²) in [7, 11) is 0. The summed E-state index contributed by atoms with van der Waals surface area (Å²) < 4.78 is 36.8. The molecule has 5 nitrogen and oxygen atoms in total. The highest BCUT2D eigenvalue weighted by Crippen LogP contribution is 2.28. The maximum absolute atomic E-state index is 12.3. The zero-order chi connectivity index (χ0) is 14.5. The van der Waals surface area contributed by atoms with Crippen LogP contribution in [-0.2, 0) is 17.5 Å². The topological polar surface area (TPSA) is 78.4 Å². The van der Waals surface area contributed by atoms with Crippen molar-refractivity contribution in [2.24, 2.45) is 0 Å². The van der Waals surface area contributed by atoms with Gasteiger partial charge in [0.15, 0.2) is 0 Å². The monoisotopic (exact) mass is 276 g/mol. The fraction of sp³-hybridized carbons (Fsp3) is 0.273. The summed E-state index contributed by atoms with van der Waals surface area (Å²) in [6.45, 7) is -0.525. The van der Waals surface area contributed by atoms with Crippen molar-refractivity contribution < 1.29 is 27.9 Å². The van der Waals surface area contributed by atoms with E-state index in [9.17, 15) is 22.8 Å². The van der Waals surface area contributed by atoms with Gasteiger partial charge in [0, 0.05) is 6.54 Å². The molecule has 0 aliphatic carbocycles. The Hall–Kier alpha value is -2.25. The third-order valence-electron chi connectivity index (χ3n) is 2.13. The van der Waals surface area contributed by atoms with Crippen molar-refractivity contribution >= 4 is 12.0 Å². The van der Waals surface area contributed by atoms with Gasteiger partial charge in [-0.05, 0) is 17.7 Å². The smallest absolute Gasteiger partial charge is 0.416 e. The average molecular weight is 276 g/mol. The standard InChI is InChI=1S/C11H11F3N2O3/c12-11(13,14)8-3-1-7(2-4-8)5-15-10(19)16-6-9(17)18/h1-4H,5-6H2,(H,17,18)(H2,15,16,19). The Morgan fingerprint density at radius 2 is 1.68 bits per heavy atom. The molecule has 0 bridgehead atoms. The summed E-state index contributed by atoms with van der Waals surface area (Å²) in [6.07, 6.45) is -4.40. The molecular weight excluding hydrogens is 265 g/mol. The molecule has 0 saturated carbocycles. The number of amides is 2. The molecule has 19 heavy (non-hydrogen) atoms. The van der Waals surface area contributed by atoms with Gasteiger partial charge in [-0.15, -0.1) is 0 Å². The highest BCUT2D eigenvalue weighted by molar-refractivity contribution is 5.79. The molecule has 0 heterocycles. The minimum Gasteiger partial charge on any atom is -0.480 e. The van der Waals surface area contributed by atoms with Crippen molar-refractivity contribution in [3.8, 4) is 0 Å². The number of carboxylic acid groups (broad SMARTS) is 1. The zero-order valence-electron chi connectivity index (χ0n) is 9.62. The Bertz CT molecular complexity index is 457. The largest absolute Gasteiger partial charge is 0.480 e. The van der Waals surface area contributed by atoms with E-state index < -0.39 is 30.3 Å². The fourth-order valence-corrected chi connectivity index (χ4v) is 1.21. The first-order valence-electron chi connectivity index (χ1n) is 5.18.